The zero-order chi connectivity index (χ0) is 31.6. The smallest absolute Gasteiger partial charge is 0.249 e. The standard InChI is InChI=1S/C38H75NO4/c1-3-5-7-9-11-13-15-17-18-19-20-21-23-24-26-28-30-32-36(41)35(34-40)39-38(43)37(42)33-31-29-27-25-22-16-14-12-10-8-6-4-2/h22,25,35-37,40-42H,3-21,23-24,26-34H2,1-2H3,(H,39,43)/b25-22-. The third kappa shape index (κ3) is 29.6. The quantitative estimate of drug-likeness (QED) is 0.0432. The monoisotopic (exact) mass is 610 g/mol. The molecular formula is C38H75NO4. The average Bonchev–Trinajstić information content (AvgIpc) is 3.01. The number of allylic oxidation sites excluding steroid dienone is 2. The van der Waals surface area contributed by atoms with Crippen LogP contribution in [0.5, 0.6) is 0 Å². The van der Waals surface area contributed by atoms with Crippen molar-refractivity contribution in [1.82, 2.24) is 5.32 Å². The first-order chi connectivity index (χ1) is 21.1. The minimum absolute atomic E-state index is 0.317. The highest BCUT2D eigenvalue weighted by molar-refractivity contribution is 5.80. The highest BCUT2D eigenvalue weighted by atomic mass is 16.3. The number of carbonyl (C=O) groups is 1. The fourth-order valence-corrected chi connectivity index (χ4v) is 5.83. The summed E-state index contributed by atoms with van der Waals surface area (Å²) in [5, 5.41) is 33.1. The zero-order valence-electron chi connectivity index (χ0n) is 28.8. The molecule has 0 saturated carbocycles. The van der Waals surface area contributed by atoms with E-state index in [0.29, 0.717) is 12.8 Å². The summed E-state index contributed by atoms with van der Waals surface area (Å²) >= 11 is 0. The Hall–Kier alpha value is -0.910. The predicted octanol–water partition coefficient (Wildman–Crippen LogP) is 10.1. The lowest BCUT2D eigenvalue weighted by molar-refractivity contribution is -0.131. The summed E-state index contributed by atoms with van der Waals surface area (Å²) in [4.78, 5) is 12.4. The maximum absolute atomic E-state index is 12.4. The van der Waals surface area contributed by atoms with Gasteiger partial charge in [-0.05, 0) is 38.5 Å². The molecule has 0 rings (SSSR count). The molecule has 3 atom stereocenters. The van der Waals surface area contributed by atoms with E-state index < -0.39 is 24.2 Å². The van der Waals surface area contributed by atoms with Gasteiger partial charge in [-0.1, -0.05) is 174 Å². The molecular weight excluding hydrogens is 534 g/mol. The van der Waals surface area contributed by atoms with Crippen molar-refractivity contribution < 1.29 is 20.1 Å². The lowest BCUT2D eigenvalue weighted by Crippen LogP contribution is -2.49. The van der Waals surface area contributed by atoms with Crippen LogP contribution in [0.25, 0.3) is 0 Å². The van der Waals surface area contributed by atoms with Crippen molar-refractivity contribution in [1.29, 1.82) is 0 Å². The van der Waals surface area contributed by atoms with Gasteiger partial charge in [0.1, 0.15) is 6.10 Å². The molecule has 0 aromatic rings. The fourth-order valence-electron chi connectivity index (χ4n) is 5.83. The minimum atomic E-state index is -1.09. The number of hydrogen-bond acceptors (Lipinski definition) is 4. The molecule has 0 radical (unpaired) electrons. The second-order valence-electron chi connectivity index (χ2n) is 13.1. The summed E-state index contributed by atoms with van der Waals surface area (Å²) in [6, 6.07) is -0.715. The van der Waals surface area contributed by atoms with Gasteiger partial charge >= 0.3 is 0 Å². The average molecular weight is 610 g/mol. The summed E-state index contributed by atoms with van der Waals surface area (Å²) in [5.41, 5.74) is 0. The number of rotatable bonds is 34. The number of aliphatic hydroxyl groups excluding tert-OH is 3. The van der Waals surface area contributed by atoms with Crippen LogP contribution in [0.2, 0.25) is 0 Å². The van der Waals surface area contributed by atoms with Crippen LogP contribution in [0, 0.1) is 0 Å². The topological polar surface area (TPSA) is 89.8 Å². The summed E-state index contributed by atoms with van der Waals surface area (Å²) in [5.74, 6) is -0.487. The van der Waals surface area contributed by atoms with Crippen LogP contribution in [0.1, 0.15) is 200 Å². The van der Waals surface area contributed by atoms with E-state index in [4.69, 9.17) is 0 Å². The first kappa shape index (κ1) is 42.1. The van der Waals surface area contributed by atoms with E-state index in [1.165, 1.54) is 135 Å². The van der Waals surface area contributed by atoms with Gasteiger partial charge in [-0.3, -0.25) is 4.79 Å². The van der Waals surface area contributed by atoms with Crippen molar-refractivity contribution in [2.24, 2.45) is 0 Å². The largest absolute Gasteiger partial charge is 0.394 e. The van der Waals surface area contributed by atoms with Gasteiger partial charge in [0, 0.05) is 0 Å². The molecule has 256 valence electrons. The maximum Gasteiger partial charge on any atom is 0.249 e. The van der Waals surface area contributed by atoms with Gasteiger partial charge in [0.2, 0.25) is 5.91 Å². The minimum Gasteiger partial charge on any atom is -0.394 e. The lowest BCUT2D eigenvalue weighted by Gasteiger charge is -2.23. The van der Waals surface area contributed by atoms with Crippen LogP contribution in [0.15, 0.2) is 12.2 Å². The van der Waals surface area contributed by atoms with E-state index in [1.54, 1.807) is 0 Å². The molecule has 4 N–H and O–H groups in total. The number of amides is 1. The SMILES string of the molecule is CCCCCCCC/C=C\CCCCC(O)C(=O)NC(CO)C(O)CCCCCCCCCCCCCCCCCCC. The highest BCUT2D eigenvalue weighted by Crippen LogP contribution is 2.15. The molecule has 0 aliphatic heterocycles. The van der Waals surface area contributed by atoms with Crippen molar-refractivity contribution in [3.05, 3.63) is 12.2 Å². The van der Waals surface area contributed by atoms with Gasteiger partial charge in [0.05, 0.1) is 18.8 Å². The van der Waals surface area contributed by atoms with E-state index in [1.807, 2.05) is 0 Å². The van der Waals surface area contributed by atoms with E-state index >= 15 is 0 Å². The highest BCUT2D eigenvalue weighted by Gasteiger charge is 2.23. The first-order valence-electron chi connectivity index (χ1n) is 19.0. The molecule has 0 heterocycles. The Kier molecular flexibility index (Phi) is 33.3. The molecule has 5 nitrogen and oxygen atoms in total. The Balaban J connectivity index is 3.67. The first-order valence-corrected chi connectivity index (χ1v) is 19.0. The number of hydrogen-bond donors (Lipinski definition) is 4. The van der Waals surface area contributed by atoms with Gasteiger partial charge in [0.15, 0.2) is 0 Å². The molecule has 0 aromatic heterocycles. The summed E-state index contributed by atoms with van der Waals surface area (Å²) < 4.78 is 0. The van der Waals surface area contributed by atoms with E-state index in [2.05, 4.69) is 31.3 Å². The Bertz CT molecular complexity index is 596. The number of nitrogens with one attached hydrogen (secondary N) is 1. The molecule has 0 spiro atoms. The molecule has 1 amide bonds. The Morgan fingerprint density at radius 1 is 0.535 bits per heavy atom. The Morgan fingerprint density at radius 3 is 1.30 bits per heavy atom. The van der Waals surface area contributed by atoms with Gasteiger partial charge in [-0.15, -0.1) is 0 Å². The third-order valence-corrected chi connectivity index (χ3v) is 8.88. The number of aliphatic hydroxyl groups is 3. The van der Waals surface area contributed by atoms with Crippen molar-refractivity contribution in [2.75, 3.05) is 6.61 Å². The van der Waals surface area contributed by atoms with E-state index in [-0.39, 0.29) is 6.61 Å². The summed E-state index contributed by atoms with van der Waals surface area (Å²) in [6.45, 7) is 4.20. The van der Waals surface area contributed by atoms with Gasteiger partial charge < -0.3 is 20.6 Å². The van der Waals surface area contributed by atoms with Crippen LogP contribution >= 0.6 is 0 Å². The van der Waals surface area contributed by atoms with Crippen molar-refractivity contribution in [3.8, 4) is 0 Å². The third-order valence-electron chi connectivity index (χ3n) is 8.88. The number of unbranched alkanes of at least 4 members (excludes halogenated alkanes) is 24. The van der Waals surface area contributed by atoms with E-state index in [9.17, 15) is 20.1 Å². The fraction of sp³-hybridized carbons (Fsp3) is 0.921. The van der Waals surface area contributed by atoms with Crippen LogP contribution in [-0.2, 0) is 4.79 Å². The van der Waals surface area contributed by atoms with Crippen LogP contribution in [0.4, 0.5) is 0 Å². The summed E-state index contributed by atoms with van der Waals surface area (Å²) in [7, 11) is 0. The number of carbonyl (C=O) groups excluding carboxylic acids is 1. The molecule has 0 bridgehead atoms. The van der Waals surface area contributed by atoms with Gasteiger partial charge in [-0.25, -0.2) is 0 Å². The van der Waals surface area contributed by atoms with Crippen LogP contribution in [-0.4, -0.2) is 46.1 Å². The lowest BCUT2D eigenvalue weighted by atomic mass is 10.0. The Morgan fingerprint density at radius 2 is 0.884 bits per heavy atom. The van der Waals surface area contributed by atoms with E-state index in [0.717, 1.165) is 38.5 Å². The molecule has 0 aromatic carbocycles. The second-order valence-corrected chi connectivity index (χ2v) is 13.1. The van der Waals surface area contributed by atoms with Crippen molar-refractivity contribution in [2.45, 2.75) is 218 Å². The van der Waals surface area contributed by atoms with Gasteiger partial charge in [-0.2, -0.15) is 0 Å². The van der Waals surface area contributed by atoms with Crippen molar-refractivity contribution >= 4 is 5.91 Å². The predicted molar refractivity (Wildman–Crippen MR) is 185 cm³/mol. The van der Waals surface area contributed by atoms with Crippen LogP contribution in [0.3, 0.4) is 0 Å². The van der Waals surface area contributed by atoms with Crippen molar-refractivity contribution in [3.63, 3.8) is 0 Å². The van der Waals surface area contributed by atoms with Gasteiger partial charge in [0.25, 0.3) is 0 Å². The second kappa shape index (κ2) is 34.0. The molecule has 0 aliphatic carbocycles. The molecule has 43 heavy (non-hydrogen) atoms. The molecule has 0 aliphatic rings. The van der Waals surface area contributed by atoms with Crippen LogP contribution < -0.4 is 5.32 Å². The zero-order valence-corrected chi connectivity index (χ0v) is 28.8. The molecule has 5 heteroatoms. The molecule has 0 fully saturated rings. The molecule has 3 unspecified atom stereocenters. The molecule has 0 saturated heterocycles. The Labute approximate surface area is 268 Å². The normalized spacial score (nSPS) is 13.9. The summed E-state index contributed by atoms with van der Waals surface area (Å²) in [6.07, 6.45) is 37.7. The maximum atomic E-state index is 12.4.